The number of imide groups is 1. The van der Waals surface area contributed by atoms with Gasteiger partial charge in [-0.15, -0.1) is 0 Å². The van der Waals surface area contributed by atoms with Gasteiger partial charge in [0.25, 0.3) is 0 Å². The van der Waals surface area contributed by atoms with Crippen molar-refractivity contribution in [2.24, 2.45) is 0 Å². The smallest absolute Gasteiger partial charge is 0.304 e. The first-order valence-corrected chi connectivity index (χ1v) is 8.68. The number of carbonyl (C=O) groups excluding carboxylic acids is 2. The Morgan fingerprint density at radius 3 is 2.63 bits per heavy atom. The molecule has 2 aromatic rings. The van der Waals surface area contributed by atoms with Gasteiger partial charge < -0.3 is 9.84 Å². The Morgan fingerprint density at radius 2 is 1.96 bits per heavy atom. The van der Waals surface area contributed by atoms with Crippen LogP contribution in [0.4, 0.5) is 0 Å². The van der Waals surface area contributed by atoms with Crippen molar-refractivity contribution in [2.75, 3.05) is 13.2 Å². The molecule has 140 valence electrons. The third-order valence-electron chi connectivity index (χ3n) is 4.62. The van der Waals surface area contributed by atoms with E-state index in [4.69, 9.17) is 4.74 Å². The van der Waals surface area contributed by atoms with E-state index in [0.717, 1.165) is 4.90 Å². The number of amides is 2. The molecule has 0 bridgehead atoms. The summed E-state index contributed by atoms with van der Waals surface area (Å²) >= 11 is 0. The Kier molecular flexibility index (Phi) is 5.49. The van der Waals surface area contributed by atoms with E-state index in [2.05, 4.69) is 4.98 Å². The minimum absolute atomic E-state index is 0.133. The number of carboxylic acid groups (broad SMARTS) is 1. The zero-order chi connectivity index (χ0) is 19.3. The predicted octanol–water partition coefficient (Wildman–Crippen LogP) is 2.02. The lowest BCUT2D eigenvalue weighted by atomic mass is 9.76. The second kappa shape index (κ2) is 7.99. The maximum absolute atomic E-state index is 13.0. The van der Waals surface area contributed by atoms with E-state index in [1.807, 2.05) is 0 Å². The molecule has 1 fully saturated rings. The minimum atomic E-state index is -1.34. The normalized spacial score (nSPS) is 19.3. The fraction of sp³-hybridized carbons (Fsp3) is 0.300. The van der Waals surface area contributed by atoms with E-state index < -0.39 is 23.7 Å². The van der Waals surface area contributed by atoms with Crippen molar-refractivity contribution >= 4 is 17.8 Å². The zero-order valence-corrected chi connectivity index (χ0v) is 14.7. The highest BCUT2D eigenvalue weighted by atomic mass is 16.5. The van der Waals surface area contributed by atoms with Crippen molar-refractivity contribution in [1.29, 1.82) is 0 Å². The van der Waals surface area contributed by atoms with Crippen LogP contribution in [0.5, 0.6) is 5.75 Å². The van der Waals surface area contributed by atoms with Crippen LogP contribution >= 0.6 is 0 Å². The lowest BCUT2D eigenvalue weighted by Gasteiger charge is -2.25. The SMILES string of the molecule is O=C(O)CC1(c2ccccc2)CC(=O)N(CCCOc2cccnc2)C1=O. The third kappa shape index (κ3) is 3.97. The molecule has 1 N–H and O–H groups in total. The van der Waals surface area contributed by atoms with E-state index in [0.29, 0.717) is 24.3 Å². The van der Waals surface area contributed by atoms with Gasteiger partial charge in [0, 0.05) is 19.2 Å². The van der Waals surface area contributed by atoms with Gasteiger partial charge in [-0.2, -0.15) is 0 Å². The Bertz CT molecular complexity index is 825. The number of aromatic nitrogens is 1. The van der Waals surface area contributed by atoms with Crippen molar-refractivity contribution in [3.8, 4) is 5.75 Å². The lowest BCUT2D eigenvalue weighted by molar-refractivity contribution is -0.145. The summed E-state index contributed by atoms with van der Waals surface area (Å²) in [6.45, 7) is 0.506. The monoisotopic (exact) mass is 368 g/mol. The second-order valence-corrected chi connectivity index (χ2v) is 6.44. The van der Waals surface area contributed by atoms with Gasteiger partial charge in [0.1, 0.15) is 5.75 Å². The Hall–Kier alpha value is -3.22. The molecule has 0 aliphatic carbocycles. The first kappa shape index (κ1) is 18.6. The largest absolute Gasteiger partial charge is 0.492 e. The molecular formula is C20H20N2O5. The first-order valence-electron chi connectivity index (χ1n) is 8.68. The summed E-state index contributed by atoms with van der Waals surface area (Å²) < 4.78 is 5.53. The Morgan fingerprint density at radius 1 is 1.19 bits per heavy atom. The fourth-order valence-corrected chi connectivity index (χ4v) is 3.35. The van der Waals surface area contributed by atoms with Crippen molar-refractivity contribution < 1.29 is 24.2 Å². The molecule has 0 spiro atoms. The van der Waals surface area contributed by atoms with Crippen LogP contribution < -0.4 is 4.74 Å². The van der Waals surface area contributed by atoms with E-state index in [9.17, 15) is 19.5 Å². The molecule has 1 unspecified atom stereocenters. The van der Waals surface area contributed by atoms with Crippen molar-refractivity contribution in [1.82, 2.24) is 9.88 Å². The Labute approximate surface area is 156 Å². The summed E-state index contributed by atoms with van der Waals surface area (Å²) in [4.78, 5) is 42.0. The van der Waals surface area contributed by atoms with Crippen LogP contribution in [0.1, 0.15) is 24.8 Å². The van der Waals surface area contributed by atoms with Gasteiger partial charge in [-0.1, -0.05) is 30.3 Å². The van der Waals surface area contributed by atoms with Gasteiger partial charge in [0.2, 0.25) is 11.8 Å². The molecule has 1 aromatic carbocycles. The third-order valence-corrected chi connectivity index (χ3v) is 4.62. The molecule has 0 radical (unpaired) electrons. The number of benzene rings is 1. The van der Waals surface area contributed by atoms with Gasteiger partial charge in [0.05, 0.1) is 24.6 Å². The number of likely N-dealkylation sites (tertiary alicyclic amines) is 1. The highest BCUT2D eigenvalue weighted by Crippen LogP contribution is 2.39. The van der Waals surface area contributed by atoms with Crippen LogP contribution in [0.3, 0.4) is 0 Å². The maximum Gasteiger partial charge on any atom is 0.304 e. The number of pyridine rings is 1. The number of hydrogen-bond acceptors (Lipinski definition) is 5. The summed E-state index contributed by atoms with van der Waals surface area (Å²) in [5.74, 6) is -1.31. The maximum atomic E-state index is 13.0. The average molecular weight is 368 g/mol. The van der Waals surface area contributed by atoms with Gasteiger partial charge in [0.15, 0.2) is 0 Å². The zero-order valence-electron chi connectivity index (χ0n) is 14.7. The van der Waals surface area contributed by atoms with E-state index >= 15 is 0 Å². The minimum Gasteiger partial charge on any atom is -0.492 e. The number of carboxylic acids is 1. The van der Waals surface area contributed by atoms with Crippen LogP contribution in [-0.2, 0) is 19.8 Å². The van der Waals surface area contributed by atoms with Crippen molar-refractivity contribution in [2.45, 2.75) is 24.7 Å². The molecule has 1 atom stereocenters. The van der Waals surface area contributed by atoms with Crippen LogP contribution in [0.15, 0.2) is 54.9 Å². The molecule has 7 heteroatoms. The number of aliphatic carboxylic acids is 1. The van der Waals surface area contributed by atoms with Crippen LogP contribution in [0.25, 0.3) is 0 Å². The molecule has 1 aliphatic heterocycles. The highest BCUT2D eigenvalue weighted by Gasteiger charge is 2.53. The van der Waals surface area contributed by atoms with Gasteiger partial charge in [-0.25, -0.2) is 0 Å². The Balaban J connectivity index is 1.69. The van der Waals surface area contributed by atoms with Crippen molar-refractivity contribution in [3.63, 3.8) is 0 Å². The lowest BCUT2D eigenvalue weighted by Crippen LogP contribution is -2.40. The number of ether oxygens (including phenoxy) is 1. The summed E-state index contributed by atoms with van der Waals surface area (Å²) in [5, 5.41) is 9.32. The standard InChI is InChI=1S/C20H20N2O5/c23-17-12-20(13-18(24)25,15-6-2-1-3-7-15)19(26)22(17)10-5-11-27-16-8-4-9-21-14-16/h1-4,6-9,14H,5,10-13H2,(H,24,25). The number of nitrogens with zero attached hydrogens (tertiary/aromatic N) is 2. The van der Waals surface area contributed by atoms with Gasteiger partial charge in [-0.3, -0.25) is 24.3 Å². The molecular weight excluding hydrogens is 348 g/mol. The second-order valence-electron chi connectivity index (χ2n) is 6.44. The fourth-order valence-electron chi connectivity index (χ4n) is 3.35. The molecule has 2 amide bonds. The molecule has 7 nitrogen and oxygen atoms in total. The average Bonchev–Trinajstić information content (AvgIpc) is 2.91. The number of rotatable bonds is 8. The van der Waals surface area contributed by atoms with E-state index in [1.54, 1.807) is 54.9 Å². The van der Waals surface area contributed by atoms with Gasteiger partial charge >= 0.3 is 5.97 Å². The summed E-state index contributed by atoms with van der Waals surface area (Å²) in [7, 11) is 0. The molecule has 0 saturated carbocycles. The number of carbonyl (C=O) groups is 3. The number of hydrogen-bond donors (Lipinski definition) is 1. The van der Waals surface area contributed by atoms with Crippen LogP contribution in [0.2, 0.25) is 0 Å². The summed E-state index contributed by atoms with van der Waals surface area (Å²) in [6, 6.07) is 12.2. The van der Waals surface area contributed by atoms with Crippen LogP contribution in [-0.4, -0.2) is 45.9 Å². The van der Waals surface area contributed by atoms with Crippen molar-refractivity contribution in [3.05, 3.63) is 60.4 Å². The molecule has 27 heavy (non-hydrogen) atoms. The predicted molar refractivity (Wildman–Crippen MR) is 96.1 cm³/mol. The molecule has 1 saturated heterocycles. The van der Waals surface area contributed by atoms with Gasteiger partial charge in [-0.05, 0) is 24.1 Å². The quantitative estimate of drug-likeness (QED) is 0.566. The summed E-state index contributed by atoms with van der Waals surface area (Å²) in [5.41, 5.74) is -0.783. The molecule has 3 rings (SSSR count). The topological polar surface area (TPSA) is 96.8 Å². The van der Waals surface area contributed by atoms with E-state index in [-0.39, 0.29) is 18.9 Å². The van der Waals surface area contributed by atoms with E-state index in [1.165, 1.54) is 0 Å². The molecule has 1 aromatic heterocycles. The highest BCUT2D eigenvalue weighted by molar-refractivity contribution is 6.10. The first-order chi connectivity index (χ1) is 13.0. The van der Waals surface area contributed by atoms with Crippen LogP contribution in [0, 0.1) is 0 Å². The summed E-state index contributed by atoms with van der Waals surface area (Å²) in [6.07, 6.45) is 3.12. The molecule has 1 aliphatic rings. The molecule has 2 heterocycles.